The fourth-order valence-electron chi connectivity index (χ4n) is 5.14. The van der Waals surface area contributed by atoms with Crippen LogP contribution in [0.2, 0.25) is 0 Å². The van der Waals surface area contributed by atoms with Gasteiger partial charge in [0.05, 0.1) is 29.2 Å². The average Bonchev–Trinajstić information content (AvgIpc) is 3.26. The zero-order valence-corrected chi connectivity index (χ0v) is 18.3. The van der Waals surface area contributed by atoms with E-state index in [0.29, 0.717) is 17.4 Å². The zero-order chi connectivity index (χ0) is 22.2. The largest absolute Gasteiger partial charge is 0.465 e. The first kappa shape index (κ1) is 20.6. The van der Waals surface area contributed by atoms with Crippen LogP contribution < -0.4 is 0 Å². The second-order valence-electron chi connectivity index (χ2n) is 8.81. The number of halogens is 1. The van der Waals surface area contributed by atoms with E-state index in [1.165, 1.54) is 18.7 Å². The maximum Gasteiger partial charge on any atom is 0.337 e. The summed E-state index contributed by atoms with van der Waals surface area (Å²) in [5, 5.41) is 0.933. The van der Waals surface area contributed by atoms with E-state index >= 15 is 0 Å². The van der Waals surface area contributed by atoms with Gasteiger partial charge in [-0.1, -0.05) is 6.92 Å². The number of esters is 1. The van der Waals surface area contributed by atoms with E-state index in [9.17, 15) is 9.18 Å². The van der Waals surface area contributed by atoms with Crippen LogP contribution in [0.3, 0.4) is 0 Å². The average molecular weight is 432 g/mol. The van der Waals surface area contributed by atoms with Crippen molar-refractivity contribution in [1.82, 2.24) is 15.0 Å². The number of fused-ring (bicyclic) bond motifs is 2. The van der Waals surface area contributed by atoms with Crippen molar-refractivity contribution in [2.45, 2.75) is 44.4 Å². The first-order chi connectivity index (χ1) is 15.5. The number of aromatic nitrogens is 3. The van der Waals surface area contributed by atoms with Gasteiger partial charge >= 0.3 is 5.97 Å². The highest BCUT2D eigenvalue weighted by Gasteiger charge is 2.29. The molecule has 0 amide bonds. The minimum atomic E-state index is -0.355. The first-order valence-electron chi connectivity index (χ1n) is 11.2. The number of carbonyl (C=O) groups is 1. The van der Waals surface area contributed by atoms with Crippen LogP contribution in [0, 0.1) is 11.7 Å². The van der Waals surface area contributed by atoms with Crippen LogP contribution in [-0.2, 0) is 4.74 Å². The van der Waals surface area contributed by atoms with Crippen molar-refractivity contribution in [2.24, 2.45) is 5.92 Å². The van der Waals surface area contributed by atoms with Crippen LogP contribution in [0.4, 0.5) is 4.39 Å². The highest BCUT2D eigenvalue weighted by molar-refractivity contribution is 5.93. The lowest BCUT2D eigenvalue weighted by molar-refractivity contribution is 0.0601. The maximum atomic E-state index is 13.9. The monoisotopic (exact) mass is 431 g/mol. The highest BCUT2D eigenvalue weighted by Crippen LogP contribution is 2.43. The molecule has 5 nitrogen and oxygen atoms in total. The van der Waals surface area contributed by atoms with E-state index in [2.05, 4.69) is 16.9 Å². The summed E-state index contributed by atoms with van der Waals surface area (Å²) in [7, 11) is 1.38. The van der Waals surface area contributed by atoms with Crippen LogP contribution in [0.25, 0.3) is 21.9 Å². The molecule has 1 fully saturated rings. The minimum absolute atomic E-state index is 0.214. The highest BCUT2D eigenvalue weighted by atomic mass is 19.1. The van der Waals surface area contributed by atoms with Crippen molar-refractivity contribution >= 4 is 27.9 Å². The van der Waals surface area contributed by atoms with Gasteiger partial charge in [-0.15, -0.1) is 0 Å². The number of methoxy groups -OCH3 is 1. The van der Waals surface area contributed by atoms with Crippen LogP contribution in [0.5, 0.6) is 0 Å². The SMILES string of the molecule is COC(=O)c1ccc2[nH]c([C@@H](C)C3CCC(c4ccnc5ccc(F)cc45)CC3)nc2c1. The molecule has 1 N–H and O–H groups in total. The van der Waals surface area contributed by atoms with Crippen molar-refractivity contribution in [3.63, 3.8) is 0 Å². The summed E-state index contributed by atoms with van der Waals surface area (Å²) in [5.74, 6) is 1.62. The topological polar surface area (TPSA) is 67.9 Å². The number of benzene rings is 2. The van der Waals surface area contributed by atoms with Crippen molar-refractivity contribution in [3.8, 4) is 0 Å². The molecule has 0 aliphatic heterocycles. The number of nitrogens with one attached hydrogen (secondary N) is 1. The third kappa shape index (κ3) is 3.74. The van der Waals surface area contributed by atoms with E-state index in [-0.39, 0.29) is 17.7 Å². The predicted molar refractivity (Wildman–Crippen MR) is 122 cm³/mol. The molecule has 5 rings (SSSR count). The summed E-state index contributed by atoms with van der Waals surface area (Å²) in [6.07, 6.45) is 6.15. The number of hydrogen-bond acceptors (Lipinski definition) is 4. The molecule has 1 atom stereocenters. The van der Waals surface area contributed by atoms with Gasteiger partial charge < -0.3 is 9.72 Å². The van der Waals surface area contributed by atoms with Gasteiger partial charge in [0.2, 0.25) is 0 Å². The summed E-state index contributed by atoms with van der Waals surface area (Å²) < 4.78 is 18.7. The van der Waals surface area contributed by atoms with Gasteiger partial charge in [0.25, 0.3) is 0 Å². The third-order valence-electron chi connectivity index (χ3n) is 7.01. The molecular weight excluding hydrogens is 405 g/mol. The summed E-state index contributed by atoms with van der Waals surface area (Å²) in [6.45, 7) is 2.22. The van der Waals surface area contributed by atoms with E-state index in [4.69, 9.17) is 9.72 Å². The van der Waals surface area contributed by atoms with Gasteiger partial charge in [-0.3, -0.25) is 4.98 Å². The summed E-state index contributed by atoms with van der Waals surface area (Å²) >= 11 is 0. The Hall–Kier alpha value is -3.28. The van der Waals surface area contributed by atoms with Crippen LogP contribution in [0.15, 0.2) is 48.7 Å². The number of imidazole rings is 1. The number of hydrogen-bond donors (Lipinski definition) is 1. The van der Waals surface area contributed by atoms with E-state index in [1.54, 1.807) is 24.3 Å². The van der Waals surface area contributed by atoms with Gasteiger partial charge in [-0.25, -0.2) is 14.2 Å². The number of pyridine rings is 1. The molecule has 32 heavy (non-hydrogen) atoms. The fourth-order valence-corrected chi connectivity index (χ4v) is 5.14. The molecule has 1 aliphatic rings. The molecule has 164 valence electrons. The molecule has 1 aliphatic carbocycles. The van der Waals surface area contributed by atoms with Crippen molar-refractivity contribution in [2.75, 3.05) is 7.11 Å². The Labute approximate surface area is 186 Å². The molecule has 2 heterocycles. The molecule has 1 saturated carbocycles. The fraction of sp³-hybridized carbons (Fsp3) is 0.346. The lowest BCUT2D eigenvalue weighted by Gasteiger charge is -2.32. The van der Waals surface area contributed by atoms with E-state index in [0.717, 1.165) is 53.4 Å². The smallest absolute Gasteiger partial charge is 0.337 e. The summed E-state index contributed by atoms with van der Waals surface area (Å²) in [5.41, 5.74) is 4.28. The number of aromatic amines is 1. The molecule has 6 heteroatoms. The Balaban J connectivity index is 1.32. The van der Waals surface area contributed by atoms with E-state index in [1.807, 2.05) is 18.3 Å². The quantitative estimate of drug-likeness (QED) is 0.396. The molecule has 0 radical (unpaired) electrons. The second-order valence-corrected chi connectivity index (χ2v) is 8.81. The molecule has 0 saturated heterocycles. The summed E-state index contributed by atoms with van der Waals surface area (Å²) in [4.78, 5) is 24.4. The number of carbonyl (C=O) groups excluding carboxylic acids is 1. The summed E-state index contributed by atoms with van der Waals surface area (Å²) in [6, 6.07) is 12.3. The van der Waals surface area contributed by atoms with Crippen molar-refractivity contribution < 1.29 is 13.9 Å². The zero-order valence-electron chi connectivity index (χ0n) is 18.3. The Morgan fingerprint density at radius 3 is 2.69 bits per heavy atom. The van der Waals surface area contributed by atoms with Gasteiger partial charge in [0, 0.05) is 17.5 Å². The van der Waals surface area contributed by atoms with Gasteiger partial charge in [-0.05, 0) is 85.5 Å². The lowest BCUT2D eigenvalue weighted by atomic mass is 9.73. The Morgan fingerprint density at radius 2 is 1.91 bits per heavy atom. The van der Waals surface area contributed by atoms with Gasteiger partial charge in [-0.2, -0.15) is 0 Å². The molecular formula is C26H26FN3O2. The Bertz CT molecular complexity index is 1290. The lowest BCUT2D eigenvalue weighted by Crippen LogP contribution is -2.19. The number of H-pyrrole nitrogens is 1. The number of nitrogens with zero attached hydrogens (tertiary/aromatic N) is 2. The maximum absolute atomic E-state index is 13.9. The van der Waals surface area contributed by atoms with Crippen LogP contribution in [0.1, 0.15) is 66.2 Å². The van der Waals surface area contributed by atoms with Crippen molar-refractivity contribution in [3.05, 3.63) is 71.4 Å². The second kappa shape index (κ2) is 8.34. The van der Waals surface area contributed by atoms with Gasteiger partial charge in [0.1, 0.15) is 11.6 Å². The number of rotatable bonds is 4. The predicted octanol–water partition coefficient (Wildman–Crippen LogP) is 6.11. The van der Waals surface area contributed by atoms with Crippen LogP contribution in [-0.4, -0.2) is 28.0 Å². The Kier molecular flexibility index (Phi) is 5.37. The Morgan fingerprint density at radius 1 is 1.09 bits per heavy atom. The minimum Gasteiger partial charge on any atom is -0.465 e. The molecule has 2 aromatic carbocycles. The molecule has 2 aromatic heterocycles. The van der Waals surface area contributed by atoms with E-state index < -0.39 is 0 Å². The molecule has 0 spiro atoms. The molecule has 4 aromatic rings. The van der Waals surface area contributed by atoms with Crippen LogP contribution >= 0.6 is 0 Å². The third-order valence-corrected chi connectivity index (χ3v) is 7.01. The normalized spacial score (nSPS) is 19.8. The van der Waals surface area contributed by atoms with Gasteiger partial charge in [0.15, 0.2) is 0 Å². The number of ether oxygens (including phenoxy) is 1. The van der Waals surface area contributed by atoms with Crippen molar-refractivity contribution in [1.29, 1.82) is 0 Å². The molecule has 0 unspecified atom stereocenters. The first-order valence-corrected chi connectivity index (χ1v) is 11.2. The molecule has 0 bridgehead atoms. The standard InChI is InChI=1S/C26H26FN3O2/c1-15(25-29-23-9-7-18(26(31)32-2)13-24(23)30-25)16-3-5-17(6-4-16)20-11-12-28-22-10-8-19(27)14-21(20)22/h7-17H,3-6H2,1-2H3,(H,29,30)/t15-,16?,17?/m0/s1.